The van der Waals surface area contributed by atoms with Crippen LogP contribution in [0, 0.1) is 6.92 Å². The van der Waals surface area contributed by atoms with Crippen molar-refractivity contribution < 1.29 is 14.3 Å². The zero-order chi connectivity index (χ0) is 18.2. The number of nitrogens with one attached hydrogen (secondary N) is 1. The Morgan fingerprint density at radius 2 is 1.96 bits per heavy atom. The molecule has 1 rings (SSSR count). The molecule has 4 nitrogen and oxygen atoms in total. The number of anilines is 1. The molecule has 0 aliphatic heterocycles. The van der Waals surface area contributed by atoms with Crippen molar-refractivity contribution in [2.45, 2.75) is 78.9 Å². The highest BCUT2D eigenvalue weighted by Crippen LogP contribution is 2.26. The molecule has 24 heavy (non-hydrogen) atoms. The molecule has 0 aromatic heterocycles. The Balaban J connectivity index is 2.84. The minimum atomic E-state index is -0.785. The van der Waals surface area contributed by atoms with Crippen LogP contribution in [0.15, 0.2) is 18.2 Å². The van der Waals surface area contributed by atoms with Crippen molar-refractivity contribution >= 4 is 11.6 Å². The number of ether oxygens (including phenoxy) is 2. The van der Waals surface area contributed by atoms with Gasteiger partial charge in [-0.15, -0.1) is 0 Å². The van der Waals surface area contributed by atoms with Crippen LogP contribution in [0.25, 0.3) is 0 Å². The minimum Gasteiger partial charge on any atom is -0.491 e. The highest BCUT2D eigenvalue weighted by atomic mass is 16.5. The fourth-order valence-corrected chi connectivity index (χ4v) is 2.47. The van der Waals surface area contributed by atoms with Gasteiger partial charge in [-0.2, -0.15) is 0 Å². The smallest absolute Gasteiger partial charge is 0.256 e. The number of carbonyl (C=O) groups excluding carboxylic acids is 1. The second-order valence-electron chi connectivity index (χ2n) is 6.78. The average molecular weight is 335 g/mol. The van der Waals surface area contributed by atoms with Gasteiger partial charge in [-0.25, -0.2) is 0 Å². The molecule has 0 radical (unpaired) electrons. The van der Waals surface area contributed by atoms with Gasteiger partial charge < -0.3 is 14.8 Å². The number of rotatable bonds is 10. The summed E-state index contributed by atoms with van der Waals surface area (Å²) in [6, 6.07) is 5.72. The van der Waals surface area contributed by atoms with Crippen molar-refractivity contribution in [1.29, 1.82) is 0 Å². The van der Waals surface area contributed by atoms with Crippen molar-refractivity contribution in [2.75, 3.05) is 11.9 Å². The van der Waals surface area contributed by atoms with Crippen LogP contribution in [0.4, 0.5) is 5.69 Å². The molecular weight excluding hydrogens is 302 g/mol. The van der Waals surface area contributed by atoms with Crippen LogP contribution in [-0.4, -0.2) is 24.2 Å². The van der Waals surface area contributed by atoms with Crippen LogP contribution in [0.3, 0.4) is 0 Å². The fourth-order valence-electron chi connectivity index (χ4n) is 2.47. The molecule has 0 aliphatic carbocycles. The SMILES string of the molecule is CCCC[C@@](C)(OCCC)C(=O)Nc1ccc(OC(C)C)c(C)c1. The van der Waals surface area contributed by atoms with E-state index in [1.54, 1.807) is 0 Å². The molecule has 1 N–H and O–H groups in total. The summed E-state index contributed by atoms with van der Waals surface area (Å²) in [5.74, 6) is 0.764. The highest BCUT2D eigenvalue weighted by molar-refractivity contribution is 5.97. The summed E-state index contributed by atoms with van der Waals surface area (Å²) in [4.78, 5) is 12.8. The molecule has 1 aromatic carbocycles. The third-order valence-corrected chi connectivity index (χ3v) is 3.91. The molecule has 0 aliphatic rings. The van der Waals surface area contributed by atoms with E-state index in [9.17, 15) is 4.79 Å². The number of carbonyl (C=O) groups is 1. The van der Waals surface area contributed by atoms with Gasteiger partial charge in [0.25, 0.3) is 5.91 Å². The Hall–Kier alpha value is -1.55. The molecule has 0 fully saturated rings. The van der Waals surface area contributed by atoms with Gasteiger partial charge >= 0.3 is 0 Å². The van der Waals surface area contributed by atoms with Crippen LogP contribution >= 0.6 is 0 Å². The Bertz CT molecular complexity index is 518. The molecule has 136 valence electrons. The molecule has 4 heteroatoms. The van der Waals surface area contributed by atoms with Crippen LogP contribution in [-0.2, 0) is 9.53 Å². The maximum atomic E-state index is 12.8. The van der Waals surface area contributed by atoms with E-state index in [1.807, 2.05) is 45.9 Å². The molecule has 1 atom stereocenters. The topological polar surface area (TPSA) is 47.6 Å². The normalized spacial score (nSPS) is 13.6. The first-order valence-corrected chi connectivity index (χ1v) is 9.05. The zero-order valence-corrected chi connectivity index (χ0v) is 16.1. The van der Waals surface area contributed by atoms with E-state index in [-0.39, 0.29) is 12.0 Å². The van der Waals surface area contributed by atoms with E-state index in [4.69, 9.17) is 9.47 Å². The van der Waals surface area contributed by atoms with E-state index >= 15 is 0 Å². The van der Waals surface area contributed by atoms with Crippen molar-refractivity contribution in [3.63, 3.8) is 0 Å². The summed E-state index contributed by atoms with van der Waals surface area (Å²) in [6.45, 7) is 12.6. The number of aryl methyl sites for hydroxylation is 1. The summed E-state index contributed by atoms with van der Waals surface area (Å²) < 4.78 is 11.6. The molecule has 0 heterocycles. The first-order chi connectivity index (χ1) is 11.3. The first kappa shape index (κ1) is 20.5. The second kappa shape index (κ2) is 9.67. The summed E-state index contributed by atoms with van der Waals surface area (Å²) in [7, 11) is 0. The van der Waals surface area contributed by atoms with Gasteiger partial charge in [0.05, 0.1) is 6.10 Å². The number of unbranched alkanes of at least 4 members (excludes halogenated alkanes) is 1. The van der Waals surface area contributed by atoms with Crippen LogP contribution in [0.5, 0.6) is 5.75 Å². The zero-order valence-electron chi connectivity index (χ0n) is 16.1. The first-order valence-electron chi connectivity index (χ1n) is 9.05. The van der Waals surface area contributed by atoms with E-state index in [1.165, 1.54) is 0 Å². The van der Waals surface area contributed by atoms with Gasteiger partial charge in [0.2, 0.25) is 0 Å². The summed E-state index contributed by atoms with van der Waals surface area (Å²) >= 11 is 0. The second-order valence-corrected chi connectivity index (χ2v) is 6.78. The lowest BCUT2D eigenvalue weighted by Crippen LogP contribution is -2.43. The van der Waals surface area contributed by atoms with Gasteiger partial charge in [-0.05, 0) is 64.3 Å². The van der Waals surface area contributed by atoms with Crippen LogP contribution in [0.1, 0.15) is 65.9 Å². The third kappa shape index (κ3) is 6.16. The van der Waals surface area contributed by atoms with E-state index in [2.05, 4.69) is 19.2 Å². The lowest BCUT2D eigenvalue weighted by molar-refractivity contribution is -0.140. The van der Waals surface area contributed by atoms with Gasteiger partial charge in [0.15, 0.2) is 0 Å². The minimum absolute atomic E-state index is 0.0821. The van der Waals surface area contributed by atoms with Gasteiger partial charge in [-0.1, -0.05) is 26.7 Å². The van der Waals surface area contributed by atoms with Gasteiger partial charge in [0.1, 0.15) is 11.4 Å². The fraction of sp³-hybridized carbons (Fsp3) is 0.650. The third-order valence-electron chi connectivity index (χ3n) is 3.91. The highest BCUT2D eigenvalue weighted by Gasteiger charge is 2.33. The molecule has 0 bridgehead atoms. The van der Waals surface area contributed by atoms with Crippen molar-refractivity contribution in [3.8, 4) is 5.75 Å². The van der Waals surface area contributed by atoms with E-state index in [0.717, 1.165) is 42.7 Å². The van der Waals surface area contributed by atoms with E-state index in [0.29, 0.717) is 6.61 Å². The number of hydrogen-bond donors (Lipinski definition) is 1. The maximum Gasteiger partial charge on any atom is 0.256 e. The predicted octanol–water partition coefficient (Wildman–Crippen LogP) is 5.10. The molecule has 1 amide bonds. The lowest BCUT2D eigenvalue weighted by Gasteiger charge is -2.28. The molecule has 1 aromatic rings. The van der Waals surface area contributed by atoms with Crippen molar-refractivity contribution in [3.05, 3.63) is 23.8 Å². The number of benzene rings is 1. The van der Waals surface area contributed by atoms with Crippen LogP contribution in [0.2, 0.25) is 0 Å². The molecular formula is C20H33NO3. The molecule has 0 saturated heterocycles. The molecule has 0 unspecified atom stereocenters. The van der Waals surface area contributed by atoms with E-state index < -0.39 is 5.60 Å². The molecule has 0 spiro atoms. The summed E-state index contributed by atoms with van der Waals surface area (Å²) in [5, 5.41) is 3.00. The molecule has 0 saturated carbocycles. The number of amides is 1. The largest absolute Gasteiger partial charge is 0.491 e. The number of hydrogen-bond acceptors (Lipinski definition) is 3. The lowest BCUT2D eigenvalue weighted by atomic mass is 9.97. The van der Waals surface area contributed by atoms with Gasteiger partial charge in [-0.3, -0.25) is 4.79 Å². The Labute approximate surface area is 146 Å². The standard InChI is InChI=1S/C20H33NO3/c1-7-9-12-20(6,23-13-8-2)19(22)21-17-10-11-18(16(5)14-17)24-15(3)4/h10-11,14-15H,7-9,12-13H2,1-6H3,(H,21,22)/t20-/m1/s1. The monoisotopic (exact) mass is 335 g/mol. The van der Waals surface area contributed by atoms with Gasteiger partial charge in [0, 0.05) is 12.3 Å². The predicted molar refractivity (Wildman–Crippen MR) is 99.7 cm³/mol. The maximum absolute atomic E-state index is 12.8. The van der Waals surface area contributed by atoms with Crippen molar-refractivity contribution in [1.82, 2.24) is 0 Å². The summed E-state index contributed by atoms with van der Waals surface area (Å²) in [6.07, 6.45) is 3.76. The Morgan fingerprint density at radius 1 is 1.25 bits per heavy atom. The Kier molecular flexibility index (Phi) is 8.26. The Morgan fingerprint density at radius 3 is 2.50 bits per heavy atom. The van der Waals surface area contributed by atoms with Crippen LogP contribution < -0.4 is 10.1 Å². The quantitative estimate of drug-likeness (QED) is 0.647. The van der Waals surface area contributed by atoms with Crippen molar-refractivity contribution in [2.24, 2.45) is 0 Å². The average Bonchev–Trinajstić information content (AvgIpc) is 2.53. The summed E-state index contributed by atoms with van der Waals surface area (Å²) in [5.41, 5.74) is 0.996.